The van der Waals surface area contributed by atoms with E-state index < -0.39 is 6.09 Å². The molecule has 1 aromatic rings. The second kappa shape index (κ2) is 5.87. The van der Waals surface area contributed by atoms with Gasteiger partial charge in [0, 0.05) is 13.1 Å². The lowest BCUT2D eigenvalue weighted by Crippen LogP contribution is -2.23. The summed E-state index contributed by atoms with van der Waals surface area (Å²) in [5.41, 5.74) is 1.23. The summed E-state index contributed by atoms with van der Waals surface area (Å²) >= 11 is 0. The van der Waals surface area contributed by atoms with Crippen molar-refractivity contribution in [1.82, 2.24) is 10.2 Å². The van der Waals surface area contributed by atoms with Crippen LogP contribution in [0.15, 0.2) is 24.3 Å². The molecule has 1 fully saturated rings. The molecule has 1 saturated heterocycles. The number of benzene rings is 1. The number of nitrogens with one attached hydrogen (secondary N) is 1. The fourth-order valence-electron chi connectivity index (χ4n) is 2.53. The molecule has 1 N–H and O–H groups in total. The number of nitrogens with zero attached hydrogens (tertiary/aromatic N) is 1. The lowest BCUT2D eigenvalue weighted by atomic mass is 10.0. The van der Waals surface area contributed by atoms with Gasteiger partial charge in [-0.15, -0.1) is 0 Å². The van der Waals surface area contributed by atoms with Crippen molar-refractivity contribution >= 4 is 6.09 Å². The van der Waals surface area contributed by atoms with Crippen LogP contribution in [0, 0.1) is 0 Å². The van der Waals surface area contributed by atoms with Crippen molar-refractivity contribution in [1.29, 1.82) is 0 Å². The molecule has 0 aromatic heterocycles. The number of likely N-dealkylation sites (tertiary alicyclic amines) is 1. The van der Waals surface area contributed by atoms with E-state index in [1.807, 2.05) is 18.2 Å². The first-order chi connectivity index (χ1) is 8.74. The van der Waals surface area contributed by atoms with Crippen LogP contribution in [-0.4, -0.2) is 31.1 Å². The molecule has 1 atom stereocenters. The van der Waals surface area contributed by atoms with Gasteiger partial charge in [-0.25, -0.2) is 4.79 Å². The lowest BCUT2D eigenvalue weighted by Gasteiger charge is -2.23. The highest BCUT2D eigenvalue weighted by Gasteiger charge is 2.24. The molecule has 1 aliphatic heterocycles. The Kier molecular flexibility index (Phi) is 4.20. The molecular formula is C14H20N2O2. The second-order valence-electron chi connectivity index (χ2n) is 4.50. The van der Waals surface area contributed by atoms with Gasteiger partial charge < -0.3 is 10.1 Å². The summed E-state index contributed by atoms with van der Waals surface area (Å²) in [6.07, 6.45) is 1.99. The maximum Gasteiger partial charge on any atom is 0.412 e. The van der Waals surface area contributed by atoms with Crippen LogP contribution in [0.5, 0.6) is 5.75 Å². The number of carbonyl (C=O) groups is 1. The number of hydrogen-bond acceptors (Lipinski definition) is 3. The molecule has 0 bridgehead atoms. The summed E-state index contributed by atoms with van der Waals surface area (Å²) < 4.78 is 5.16. The van der Waals surface area contributed by atoms with Crippen LogP contribution in [0.2, 0.25) is 0 Å². The van der Waals surface area contributed by atoms with Gasteiger partial charge in [0.05, 0.1) is 0 Å². The molecule has 4 heteroatoms. The standard InChI is InChI=1S/C14H20N2O2/c1-3-16-9-5-8-13(16)11-6-4-7-12(10-11)18-14(17)15-2/h4,6-7,10,13H,3,5,8-9H2,1-2H3,(H,15,17). The van der Waals surface area contributed by atoms with E-state index in [1.165, 1.54) is 18.4 Å². The first-order valence-corrected chi connectivity index (χ1v) is 6.48. The van der Waals surface area contributed by atoms with E-state index in [2.05, 4.69) is 23.2 Å². The summed E-state index contributed by atoms with van der Waals surface area (Å²) in [5.74, 6) is 0.606. The van der Waals surface area contributed by atoms with Gasteiger partial charge in [-0.1, -0.05) is 19.1 Å². The quantitative estimate of drug-likeness (QED) is 0.893. The van der Waals surface area contributed by atoms with Crippen LogP contribution < -0.4 is 10.1 Å². The highest BCUT2D eigenvalue weighted by molar-refractivity contribution is 5.69. The van der Waals surface area contributed by atoms with Crippen LogP contribution in [0.3, 0.4) is 0 Å². The van der Waals surface area contributed by atoms with E-state index >= 15 is 0 Å². The third-order valence-corrected chi connectivity index (χ3v) is 3.43. The average molecular weight is 248 g/mol. The smallest absolute Gasteiger partial charge is 0.410 e. The molecule has 0 saturated carbocycles. The molecule has 2 rings (SSSR count). The molecule has 1 amide bonds. The number of ether oxygens (including phenoxy) is 1. The monoisotopic (exact) mass is 248 g/mol. The molecule has 98 valence electrons. The summed E-state index contributed by atoms with van der Waals surface area (Å²) in [5, 5.41) is 2.45. The minimum Gasteiger partial charge on any atom is -0.410 e. The van der Waals surface area contributed by atoms with Crippen molar-refractivity contribution in [2.75, 3.05) is 20.1 Å². The zero-order valence-electron chi connectivity index (χ0n) is 11.0. The van der Waals surface area contributed by atoms with Crippen LogP contribution in [-0.2, 0) is 0 Å². The van der Waals surface area contributed by atoms with Gasteiger partial charge >= 0.3 is 6.09 Å². The SMILES string of the molecule is CCN1CCCC1c1cccc(OC(=O)NC)c1. The first-order valence-electron chi connectivity index (χ1n) is 6.48. The zero-order valence-corrected chi connectivity index (χ0v) is 11.0. The van der Waals surface area contributed by atoms with Gasteiger partial charge in [-0.3, -0.25) is 4.90 Å². The van der Waals surface area contributed by atoms with Crippen LogP contribution >= 0.6 is 0 Å². The maximum absolute atomic E-state index is 11.2. The van der Waals surface area contributed by atoms with Crippen molar-refractivity contribution < 1.29 is 9.53 Å². The molecule has 0 aliphatic carbocycles. The van der Waals surface area contributed by atoms with Gasteiger partial charge in [-0.05, 0) is 43.6 Å². The maximum atomic E-state index is 11.2. The molecule has 1 heterocycles. The molecule has 4 nitrogen and oxygen atoms in total. The zero-order chi connectivity index (χ0) is 13.0. The minimum atomic E-state index is -0.425. The average Bonchev–Trinajstić information content (AvgIpc) is 2.87. The molecular weight excluding hydrogens is 228 g/mol. The summed E-state index contributed by atoms with van der Waals surface area (Å²) in [6, 6.07) is 8.29. The van der Waals surface area contributed by atoms with Gasteiger partial charge in [0.1, 0.15) is 5.75 Å². The van der Waals surface area contributed by atoms with E-state index in [-0.39, 0.29) is 0 Å². The van der Waals surface area contributed by atoms with Crippen LogP contribution in [0.25, 0.3) is 0 Å². The normalized spacial score (nSPS) is 19.8. The molecule has 0 radical (unpaired) electrons. The molecule has 1 aromatic carbocycles. The van der Waals surface area contributed by atoms with Crippen molar-refractivity contribution in [3.63, 3.8) is 0 Å². The summed E-state index contributed by atoms with van der Waals surface area (Å²) in [6.45, 7) is 4.40. The predicted octanol–water partition coefficient (Wildman–Crippen LogP) is 2.56. The van der Waals surface area contributed by atoms with Gasteiger partial charge in [0.15, 0.2) is 0 Å². The highest BCUT2D eigenvalue weighted by Crippen LogP contribution is 2.32. The van der Waals surface area contributed by atoms with Crippen molar-refractivity contribution in [2.24, 2.45) is 0 Å². The number of carbonyl (C=O) groups excluding carboxylic acids is 1. The highest BCUT2D eigenvalue weighted by atomic mass is 16.5. The second-order valence-corrected chi connectivity index (χ2v) is 4.50. The largest absolute Gasteiger partial charge is 0.412 e. The third-order valence-electron chi connectivity index (χ3n) is 3.43. The van der Waals surface area contributed by atoms with E-state index in [4.69, 9.17) is 4.74 Å². The fourth-order valence-corrected chi connectivity index (χ4v) is 2.53. The van der Waals surface area contributed by atoms with Gasteiger partial charge in [0.2, 0.25) is 0 Å². The summed E-state index contributed by atoms with van der Waals surface area (Å²) in [7, 11) is 1.56. The van der Waals surface area contributed by atoms with E-state index in [9.17, 15) is 4.79 Å². The van der Waals surface area contributed by atoms with Gasteiger partial charge in [0.25, 0.3) is 0 Å². The van der Waals surface area contributed by atoms with Crippen LogP contribution in [0.1, 0.15) is 31.4 Å². The minimum absolute atomic E-state index is 0.425. The fraction of sp³-hybridized carbons (Fsp3) is 0.500. The van der Waals surface area contributed by atoms with Gasteiger partial charge in [-0.2, -0.15) is 0 Å². The third kappa shape index (κ3) is 2.82. The van der Waals surface area contributed by atoms with Crippen molar-refractivity contribution in [3.8, 4) is 5.75 Å². The summed E-state index contributed by atoms with van der Waals surface area (Å²) in [4.78, 5) is 13.6. The molecule has 18 heavy (non-hydrogen) atoms. The topological polar surface area (TPSA) is 41.6 Å². The molecule has 1 unspecified atom stereocenters. The van der Waals surface area contributed by atoms with E-state index in [0.29, 0.717) is 11.8 Å². The Balaban J connectivity index is 2.13. The Morgan fingerprint density at radius 1 is 1.56 bits per heavy atom. The Morgan fingerprint density at radius 2 is 2.39 bits per heavy atom. The Labute approximate surface area is 108 Å². The van der Waals surface area contributed by atoms with Crippen molar-refractivity contribution in [2.45, 2.75) is 25.8 Å². The Morgan fingerprint density at radius 3 is 3.11 bits per heavy atom. The Hall–Kier alpha value is -1.55. The number of amides is 1. The number of hydrogen-bond donors (Lipinski definition) is 1. The van der Waals surface area contributed by atoms with E-state index in [1.54, 1.807) is 7.05 Å². The number of rotatable bonds is 3. The molecule has 0 spiro atoms. The van der Waals surface area contributed by atoms with Crippen LogP contribution in [0.4, 0.5) is 4.79 Å². The van der Waals surface area contributed by atoms with E-state index in [0.717, 1.165) is 13.1 Å². The Bertz CT molecular complexity index is 420. The first kappa shape index (κ1) is 12.9. The van der Waals surface area contributed by atoms with Crippen molar-refractivity contribution in [3.05, 3.63) is 29.8 Å². The lowest BCUT2D eigenvalue weighted by molar-refractivity contribution is 0.202. The molecule has 1 aliphatic rings. The predicted molar refractivity (Wildman–Crippen MR) is 70.7 cm³/mol.